The van der Waals surface area contributed by atoms with E-state index in [2.05, 4.69) is 47.1 Å². The number of nitrogens with zero attached hydrogens (tertiary/aromatic N) is 5. The number of aromatic hydroxyl groups is 1. The second kappa shape index (κ2) is 7.20. The molecule has 0 unspecified atom stereocenters. The molecule has 1 aromatic carbocycles. The van der Waals surface area contributed by atoms with Gasteiger partial charge in [0.2, 0.25) is 0 Å². The van der Waals surface area contributed by atoms with Gasteiger partial charge in [0.25, 0.3) is 0 Å². The van der Waals surface area contributed by atoms with E-state index in [0.717, 1.165) is 41.5 Å². The summed E-state index contributed by atoms with van der Waals surface area (Å²) in [4.78, 5) is 11.7. The Labute approximate surface area is 181 Å². The number of pyridine rings is 2. The minimum Gasteiger partial charge on any atom is -0.507 e. The zero-order valence-electron chi connectivity index (χ0n) is 18.4. The van der Waals surface area contributed by atoms with E-state index in [1.54, 1.807) is 10.7 Å². The van der Waals surface area contributed by atoms with Gasteiger partial charge in [-0.25, -0.2) is 9.97 Å². The van der Waals surface area contributed by atoms with Crippen LogP contribution in [0.4, 0.5) is 5.69 Å². The van der Waals surface area contributed by atoms with Crippen molar-refractivity contribution in [2.45, 2.75) is 38.8 Å². The maximum absolute atomic E-state index is 10.5. The predicted molar refractivity (Wildman–Crippen MR) is 124 cm³/mol. The van der Waals surface area contributed by atoms with Gasteiger partial charge in [0.1, 0.15) is 5.75 Å². The number of hydrogen-bond donors (Lipinski definition) is 2. The fourth-order valence-corrected chi connectivity index (χ4v) is 4.44. The van der Waals surface area contributed by atoms with Crippen molar-refractivity contribution in [3.63, 3.8) is 0 Å². The fraction of sp³-hybridized carbons (Fsp3) is 0.375. The number of benzene rings is 1. The first-order valence-electron chi connectivity index (χ1n) is 10.7. The molecule has 0 bridgehead atoms. The van der Waals surface area contributed by atoms with Crippen LogP contribution < -0.4 is 10.2 Å². The normalized spacial score (nSPS) is 17.2. The molecule has 0 aliphatic carbocycles. The van der Waals surface area contributed by atoms with Gasteiger partial charge in [-0.3, -0.25) is 4.68 Å². The van der Waals surface area contributed by atoms with Gasteiger partial charge in [-0.2, -0.15) is 5.10 Å². The highest BCUT2D eigenvalue weighted by Crippen LogP contribution is 2.33. The summed E-state index contributed by atoms with van der Waals surface area (Å²) < 4.78 is 1.74. The minimum atomic E-state index is 0.118. The summed E-state index contributed by atoms with van der Waals surface area (Å²) in [7, 11) is 1.87. The highest BCUT2D eigenvalue weighted by atomic mass is 16.3. The van der Waals surface area contributed by atoms with Crippen molar-refractivity contribution in [3.05, 3.63) is 42.7 Å². The lowest BCUT2D eigenvalue weighted by atomic mass is 10.1. The van der Waals surface area contributed by atoms with Crippen molar-refractivity contribution in [1.29, 1.82) is 0 Å². The third-order valence-corrected chi connectivity index (χ3v) is 5.73. The van der Waals surface area contributed by atoms with E-state index in [1.165, 1.54) is 0 Å². The van der Waals surface area contributed by atoms with Gasteiger partial charge in [0.05, 0.1) is 23.1 Å². The monoisotopic (exact) mass is 416 g/mol. The zero-order valence-corrected chi connectivity index (χ0v) is 18.4. The first-order valence-corrected chi connectivity index (χ1v) is 10.7. The maximum atomic E-state index is 10.5. The summed E-state index contributed by atoms with van der Waals surface area (Å²) in [6, 6.07) is 10.2. The molecule has 1 aliphatic heterocycles. The molecular weight excluding hydrogens is 388 g/mol. The van der Waals surface area contributed by atoms with Crippen LogP contribution in [0.1, 0.15) is 27.2 Å². The largest absolute Gasteiger partial charge is 0.507 e. The summed E-state index contributed by atoms with van der Waals surface area (Å²) in [6.07, 6.45) is 4.97. The Bertz CT molecular complexity index is 1270. The van der Waals surface area contributed by atoms with Gasteiger partial charge >= 0.3 is 0 Å². The molecule has 3 aromatic heterocycles. The summed E-state index contributed by atoms with van der Waals surface area (Å²) in [5, 5.41) is 20.5. The molecule has 160 valence electrons. The van der Waals surface area contributed by atoms with Gasteiger partial charge in [0, 0.05) is 60.3 Å². The number of aromatic nitrogens is 4. The second-order valence-corrected chi connectivity index (χ2v) is 9.49. The predicted octanol–water partition coefficient (Wildman–Crippen LogP) is 3.86. The molecule has 0 saturated carbocycles. The van der Waals surface area contributed by atoms with Crippen LogP contribution in [-0.4, -0.2) is 49.5 Å². The van der Waals surface area contributed by atoms with E-state index < -0.39 is 0 Å². The molecule has 1 saturated heterocycles. The van der Waals surface area contributed by atoms with Gasteiger partial charge in [0.15, 0.2) is 5.65 Å². The van der Waals surface area contributed by atoms with E-state index in [-0.39, 0.29) is 11.3 Å². The first kappa shape index (κ1) is 19.8. The molecule has 0 spiro atoms. The van der Waals surface area contributed by atoms with Crippen LogP contribution in [0, 0.1) is 0 Å². The van der Waals surface area contributed by atoms with E-state index >= 15 is 0 Å². The lowest BCUT2D eigenvalue weighted by Gasteiger charge is -2.26. The van der Waals surface area contributed by atoms with Gasteiger partial charge in [-0.15, -0.1) is 0 Å². The average molecular weight is 417 g/mol. The third kappa shape index (κ3) is 3.93. The number of hydrogen-bond acceptors (Lipinski definition) is 6. The molecule has 4 aromatic rings. The van der Waals surface area contributed by atoms with Crippen LogP contribution >= 0.6 is 0 Å². The third-order valence-electron chi connectivity index (χ3n) is 5.73. The van der Waals surface area contributed by atoms with Gasteiger partial charge in [-0.1, -0.05) is 0 Å². The molecule has 31 heavy (non-hydrogen) atoms. The van der Waals surface area contributed by atoms with Crippen LogP contribution in [0.3, 0.4) is 0 Å². The van der Waals surface area contributed by atoms with Crippen LogP contribution in [0.25, 0.3) is 33.2 Å². The second-order valence-electron chi connectivity index (χ2n) is 9.49. The molecule has 1 atom stereocenters. The fourth-order valence-electron chi connectivity index (χ4n) is 4.44. The van der Waals surface area contributed by atoms with Crippen LogP contribution in [-0.2, 0) is 7.05 Å². The van der Waals surface area contributed by atoms with Crippen LogP contribution in [0.5, 0.6) is 5.75 Å². The van der Waals surface area contributed by atoms with Gasteiger partial charge in [-0.05, 0) is 51.5 Å². The molecule has 2 N–H and O–H groups in total. The Morgan fingerprint density at radius 2 is 1.97 bits per heavy atom. The number of fused-ring (bicyclic) bond motifs is 2. The molecule has 0 radical (unpaired) electrons. The highest BCUT2D eigenvalue weighted by Gasteiger charge is 2.26. The Hall–Kier alpha value is -3.19. The minimum absolute atomic E-state index is 0.118. The molecule has 0 amide bonds. The topological polar surface area (TPSA) is 79.1 Å². The van der Waals surface area contributed by atoms with Crippen molar-refractivity contribution in [2.24, 2.45) is 7.05 Å². The number of nitrogens with one attached hydrogen (secondary N) is 1. The van der Waals surface area contributed by atoms with E-state index in [1.807, 2.05) is 37.6 Å². The quantitative estimate of drug-likeness (QED) is 0.528. The number of phenolic OH excluding ortho intramolecular Hbond substituents is 1. The molecule has 5 rings (SSSR count). The zero-order chi connectivity index (χ0) is 21.8. The first-order chi connectivity index (χ1) is 14.7. The highest BCUT2D eigenvalue weighted by molar-refractivity contribution is 5.89. The molecule has 4 heterocycles. The molecule has 7 nitrogen and oxygen atoms in total. The summed E-state index contributed by atoms with van der Waals surface area (Å²) in [5.74, 6) is 0.170. The Morgan fingerprint density at radius 1 is 1.13 bits per heavy atom. The van der Waals surface area contributed by atoms with Crippen molar-refractivity contribution >= 4 is 27.6 Å². The molecular formula is C24H28N6O. The average Bonchev–Trinajstić information content (AvgIpc) is 3.30. The summed E-state index contributed by atoms with van der Waals surface area (Å²) >= 11 is 0. The van der Waals surface area contributed by atoms with Crippen LogP contribution in [0.2, 0.25) is 0 Å². The Kier molecular flexibility index (Phi) is 4.59. The maximum Gasteiger partial charge on any atom is 0.159 e. The number of aryl methyl sites for hydroxylation is 1. The number of phenols is 1. The van der Waals surface area contributed by atoms with Crippen molar-refractivity contribution < 1.29 is 5.11 Å². The summed E-state index contributed by atoms with van der Waals surface area (Å²) in [5.41, 5.74) is 4.07. The van der Waals surface area contributed by atoms with Crippen molar-refractivity contribution in [1.82, 2.24) is 25.1 Å². The SMILES string of the molecule is Cn1cc2cc(-c3ccc4cc(N5CC[C@@H](NC(C)(C)C)C5)cnc4n3)c(O)cc2n1. The molecule has 7 heteroatoms. The van der Waals surface area contributed by atoms with Crippen LogP contribution in [0.15, 0.2) is 42.7 Å². The van der Waals surface area contributed by atoms with E-state index in [4.69, 9.17) is 4.98 Å². The van der Waals surface area contributed by atoms with Crippen molar-refractivity contribution in [2.75, 3.05) is 18.0 Å². The Balaban J connectivity index is 1.43. The molecule has 1 fully saturated rings. The van der Waals surface area contributed by atoms with Gasteiger partial charge < -0.3 is 15.3 Å². The van der Waals surface area contributed by atoms with Crippen molar-refractivity contribution in [3.8, 4) is 17.0 Å². The van der Waals surface area contributed by atoms with E-state index in [0.29, 0.717) is 22.9 Å². The number of anilines is 1. The standard InChI is InChI=1S/C24H28N6O/c1-24(2,3)27-17-7-8-30(14-17)18-9-15-5-6-20(26-23(15)25-12-18)19-10-16-13-29(4)28-21(16)11-22(19)31/h5-6,9-13,17,27,31H,7-8,14H2,1-4H3/t17-/m1/s1. The molecule has 1 aliphatic rings. The Morgan fingerprint density at radius 3 is 2.77 bits per heavy atom. The lowest BCUT2D eigenvalue weighted by Crippen LogP contribution is -2.44. The lowest BCUT2D eigenvalue weighted by molar-refractivity contribution is 0.373. The summed E-state index contributed by atoms with van der Waals surface area (Å²) in [6.45, 7) is 8.63. The smallest absolute Gasteiger partial charge is 0.159 e. The number of rotatable bonds is 3. The van der Waals surface area contributed by atoms with E-state index in [9.17, 15) is 5.11 Å².